The molecule has 2 aromatic heterocycles. The van der Waals surface area contributed by atoms with Crippen molar-refractivity contribution in [3.8, 4) is 28.6 Å². The Morgan fingerprint density at radius 3 is 2.60 bits per heavy atom. The van der Waals surface area contributed by atoms with Gasteiger partial charge in [-0.2, -0.15) is 4.98 Å². The number of aryl methyl sites for hydroxylation is 2. The van der Waals surface area contributed by atoms with Crippen LogP contribution in [0, 0.1) is 13.8 Å². The van der Waals surface area contributed by atoms with Gasteiger partial charge in [-0.3, -0.25) is 4.79 Å². The highest BCUT2D eigenvalue weighted by Gasteiger charge is 2.18. The van der Waals surface area contributed by atoms with Crippen molar-refractivity contribution in [1.82, 2.24) is 20.4 Å². The van der Waals surface area contributed by atoms with Crippen LogP contribution in [-0.4, -0.2) is 70.2 Å². The zero-order valence-electron chi connectivity index (χ0n) is 20.4. The number of pyridine rings is 1. The number of nitrogens with zero attached hydrogens (tertiary/aromatic N) is 4. The molecule has 1 aromatic carbocycles. The average Bonchev–Trinajstić information content (AvgIpc) is 3.31. The Kier molecular flexibility index (Phi) is 8.66. The molecule has 0 fully saturated rings. The van der Waals surface area contributed by atoms with Crippen LogP contribution in [0.2, 0.25) is 5.02 Å². The predicted molar refractivity (Wildman–Crippen MR) is 133 cm³/mol. The van der Waals surface area contributed by atoms with Gasteiger partial charge in [-0.25, -0.2) is 4.98 Å². The number of carbonyl (C=O) groups excluding carboxylic acids is 1. The fraction of sp³-hybridized carbons (Fsp3) is 0.417. The molecule has 1 amide bonds. The lowest BCUT2D eigenvalue weighted by molar-refractivity contribution is -0.124. The third-order valence-corrected chi connectivity index (χ3v) is 5.62. The lowest BCUT2D eigenvalue weighted by atomic mass is 10.1. The van der Waals surface area contributed by atoms with E-state index >= 15 is 0 Å². The van der Waals surface area contributed by atoms with E-state index < -0.39 is 18.6 Å². The van der Waals surface area contributed by atoms with E-state index in [1.165, 1.54) is 0 Å². The highest BCUT2D eigenvalue weighted by Crippen LogP contribution is 2.34. The molecule has 0 aliphatic heterocycles. The molecule has 3 aromatic rings. The van der Waals surface area contributed by atoms with Crippen LogP contribution in [0.15, 0.2) is 28.8 Å². The van der Waals surface area contributed by atoms with Gasteiger partial charge in [0.05, 0.1) is 5.02 Å². The first-order valence-electron chi connectivity index (χ1n) is 11.1. The van der Waals surface area contributed by atoms with E-state index in [4.69, 9.17) is 26.0 Å². The average molecular weight is 504 g/mol. The van der Waals surface area contributed by atoms with Gasteiger partial charge in [0.15, 0.2) is 0 Å². The SMILES string of the molecule is Cc1cc(-c2nc(-c3cc(C)c(OC[C@@H](O)CNC(=O)CO)c(Cl)c3)no2)cc(N(C)C(C)C)n1. The maximum absolute atomic E-state index is 11.1. The largest absolute Gasteiger partial charge is 0.489 e. The highest BCUT2D eigenvalue weighted by atomic mass is 35.5. The fourth-order valence-corrected chi connectivity index (χ4v) is 3.57. The van der Waals surface area contributed by atoms with Gasteiger partial charge in [-0.15, -0.1) is 0 Å². The number of anilines is 1. The molecule has 3 N–H and O–H groups in total. The van der Waals surface area contributed by atoms with Crippen LogP contribution in [0.3, 0.4) is 0 Å². The Balaban J connectivity index is 1.77. The Morgan fingerprint density at radius 1 is 1.20 bits per heavy atom. The first kappa shape index (κ1) is 26.4. The van der Waals surface area contributed by atoms with Crippen LogP contribution in [0.1, 0.15) is 25.1 Å². The molecule has 1 atom stereocenters. The minimum atomic E-state index is -0.969. The van der Waals surface area contributed by atoms with Crippen LogP contribution in [0.25, 0.3) is 22.8 Å². The zero-order valence-corrected chi connectivity index (χ0v) is 21.1. The van der Waals surface area contributed by atoms with Crippen LogP contribution >= 0.6 is 11.6 Å². The van der Waals surface area contributed by atoms with Crippen molar-refractivity contribution < 1.29 is 24.3 Å². The van der Waals surface area contributed by atoms with Gasteiger partial charge >= 0.3 is 0 Å². The lowest BCUT2D eigenvalue weighted by Crippen LogP contribution is -2.36. The summed E-state index contributed by atoms with van der Waals surface area (Å²) in [5.74, 6) is 1.38. The molecule has 0 saturated heterocycles. The van der Waals surface area contributed by atoms with Gasteiger partial charge in [0, 0.05) is 36.5 Å². The van der Waals surface area contributed by atoms with E-state index in [9.17, 15) is 9.90 Å². The number of carbonyl (C=O) groups is 1. The topological polar surface area (TPSA) is 134 Å². The van der Waals surface area contributed by atoms with E-state index in [0.29, 0.717) is 33.6 Å². The fourth-order valence-electron chi connectivity index (χ4n) is 3.25. The number of aliphatic hydroxyl groups is 2. The normalized spacial score (nSPS) is 12.0. The molecule has 0 unspecified atom stereocenters. The molecule has 0 radical (unpaired) electrons. The van der Waals surface area contributed by atoms with E-state index in [-0.39, 0.29) is 19.2 Å². The quantitative estimate of drug-likeness (QED) is 0.381. The van der Waals surface area contributed by atoms with Crippen molar-refractivity contribution in [2.24, 2.45) is 0 Å². The summed E-state index contributed by atoms with van der Waals surface area (Å²) in [4.78, 5) is 22.3. The van der Waals surface area contributed by atoms with Crippen LogP contribution in [0.4, 0.5) is 5.82 Å². The van der Waals surface area contributed by atoms with Crippen molar-refractivity contribution in [1.29, 1.82) is 0 Å². The Bertz CT molecular complexity index is 1160. The van der Waals surface area contributed by atoms with Crippen molar-refractivity contribution in [3.63, 3.8) is 0 Å². The Labute approximate surface area is 208 Å². The molecule has 10 nitrogen and oxygen atoms in total. The van der Waals surface area contributed by atoms with Crippen LogP contribution in [0.5, 0.6) is 5.75 Å². The Morgan fingerprint density at radius 2 is 1.94 bits per heavy atom. The van der Waals surface area contributed by atoms with Crippen molar-refractivity contribution in [3.05, 3.63) is 40.5 Å². The second kappa shape index (κ2) is 11.5. The summed E-state index contributed by atoms with van der Waals surface area (Å²) in [5, 5.41) is 25.5. The predicted octanol–water partition coefficient (Wildman–Crippen LogP) is 2.76. The smallest absolute Gasteiger partial charge is 0.258 e. The summed E-state index contributed by atoms with van der Waals surface area (Å²) in [6.45, 7) is 7.11. The maximum atomic E-state index is 11.1. The molecule has 2 heterocycles. The summed E-state index contributed by atoms with van der Waals surface area (Å²) in [6.07, 6.45) is -0.969. The third-order valence-electron chi connectivity index (χ3n) is 5.33. The van der Waals surface area contributed by atoms with E-state index in [2.05, 4.69) is 39.2 Å². The van der Waals surface area contributed by atoms with Crippen molar-refractivity contribution in [2.75, 3.05) is 31.7 Å². The second-order valence-corrected chi connectivity index (χ2v) is 8.92. The number of halogens is 1. The molecule has 188 valence electrons. The lowest BCUT2D eigenvalue weighted by Gasteiger charge is -2.23. The number of benzene rings is 1. The maximum Gasteiger partial charge on any atom is 0.258 e. The first-order valence-corrected chi connectivity index (χ1v) is 11.5. The summed E-state index contributed by atoms with van der Waals surface area (Å²) in [6, 6.07) is 7.55. The number of aromatic nitrogens is 3. The van der Waals surface area contributed by atoms with Gasteiger partial charge in [0.25, 0.3) is 5.89 Å². The van der Waals surface area contributed by atoms with Crippen molar-refractivity contribution >= 4 is 23.3 Å². The van der Waals surface area contributed by atoms with Crippen molar-refractivity contribution in [2.45, 2.75) is 39.8 Å². The first-order chi connectivity index (χ1) is 16.6. The van der Waals surface area contributed by atoms with Gasteiger partial charge in [-0.05, 0) is 57.5 Å². The molecule has 0 saturated carbocycles. The summed E-state index contributed by atoms with van der Waals surface area (Å²) in [7, 11) is 1.98. The molecule has 35 heavy (non-hydrogen) atoms. The van der Waals surface area contributed by atoms with E-state index in [0.717, 1.165) is 17.1 Å². The zero-order chi connectivity index (χ0) is 25.7. The summed E-state index contributed by atoms with van der Waals surface area (Å²) >= 11 is 6.44. The van der Waals surface area contributed by atoms with Gasteiger partial charge in [0.1, 0.15) is 30.9 Å². The Hall–Kier alpha value is -3.21. The summed E-state index contributed by atoms with van der Waals surface area (Å²) < 4.78 is 11.2. The number of amides is 1. The number of nitrogens with one attached hydrogen (secondary N) is 1. The number of rotatable bonds is 10. The third kappa shape index (κ3) is 6.68. The summed E-state index contributed by atoms with van der Waals surface area (Å²) in [5.41, 5.74) is 2.97. The van der Waals surface area contributed by atoms with E-state index in [1.54, 1.807) is 6.07 Å². The number of hydrogen-bond donors (Lipinski definition) is 3. The molecular weight excluding hydrogens is 474 g/mol. The van der Waals surface area contributed by atoms with Gasteiger partial charge in [-0.1, -0.05) is 16.8 Å². The monoisotopic (exact) mass is 503 g/mol. The molecule has 0 spiro atoms. The standard InChI is InChI=1S/C24H30ClN5O5/c1-13(2)30(5)20-9-17(7-15(4)27-20)24-28-23(29-35-24)16-6-14(3)22(19(25)8-16)34-12-18(32)10-26-21(33)11-31/h6-9,13,18,31-32H,10-12H2,1-5H3,(H,26,33)/t18-/m0/s1. The highest BCUT2D eigenvalue weighted by molar-refractivity contribution is 6.32. The molecule has 0 aliphatic rings. The molecular formula is C24H30ClN5O5. The van der Waals surface area contributed by atoms with Gasteiger partial charge in [0.2, 0.25) is 11.7 Å². The van der Waals surface area contributed by atoms with Crippen LogP contribution in [-0.2, 0) is 4.79 Å². The minimum absolute atomic E-state index is 0.0526. The molecule has 3 rings (SSSR count). The van der Waals surface area contributed by atoms with Crippen LogP contribution < -0.4 is 15.0 Å². The second-order valence-electron chi connectivity index (χ2n) is 8.51. The number of aliphatic hydroxyl groups excluding tert-OH is 2. The minimum Gasteiger partial charge on any atom is -0.489 e. The molecule has 0 aliphatic carbocycles. The number of hydrogen-bond acceptors (Lipinski definition) is 9. The van der Waals surface area contributed by atoms with E-state index in [1.807, 2.05) is 39.1 Å². The molecule has 11 heteroatoms. The number of ether oxygens (including phenoxy) is 1. The molecule has 0 bridgehead atoms. The van der Waals surface area contributed by atoms with Gasteiger partial charge < -0.3 is 29.7 Å².